The number of nitrogens with zero attached hydrogens (tertiary/aromatic N) is 2. The lowest BCUT2D eigenvalue weighted by Crippen LogP contribution is -2.19. The van der Waals surface area contributed by atoms with Gasteiger partial charge in [-0.05, 0) is 0 Å². The maximum atomic E-state index is 11.3. The highest BCUT2D eigenvalue weighted by molar-refractivity contribution is 8.13. The molecule has 0 unspecified atom stereocenters. The predicted molar refractivity (Wildman–Crippen MR) is 60.1 cm³/mol. The fourth-order valence-corrected chi connectivity index (χ4v) is 2.28. The van der Waals surface area contributed by atoms with Crippen LogP contribution in [0.5, 0.6) is 0 Å². The van der Waals surface area contributed by atoms with Crippen LogP contribution in [0.15, 0.2) is 4.79 Å². The number of hydrogen-bond acceptors (Lipinski definition) is 5. The van der Waals surface area contributed by atoms with Gasteiger partial charge in [0.1, 0.15) is 5.01 Å². The second-order valence-corrected chi connectivity index (χ2v) is 7.20. The molecule has 1 rings (SSSR count). The molecule has 0 spiro atoms. The third kappa shape index (κ3) is 3.92. The van der Waals surface area contributed by atoms with Gasteiger partial charge in [0.15, 0.2) is 0 Å². The summed E-state index contributed by atoms with van der Waals surface area (Å²) in [5.74, 6) is -0.119. The predicted octanol–water partition coefficient (Wildman–Crippen LogP) is 0.997. The first-order valence-electron chi connectivity index (χ1n) is 4.30. The summed E-state index contributed by atoms with van der Waals surface area (Å²) in [6.45, 7) is 3.84. The molecule has 0 aromatic carbocycles. The molecule has 8 heteroatoms. The molecule has 0 N–H and O–H groups in total. The van der Waals surface area contributed by atoms with E-state index in [4.69, 9.17) is 10.7 Å². The van der Waals surface area contributed by atoms with Gasteiger partial charge in [-0.1, -0.05) is 25.2 Å². The first-order valence-corrected chi connectivity index (χ1v) is 7.59. The average molecular weight is 271 g/mol. The van der Waals surface area contributed by atoms with E-state index >= 15 is 0 Å². The molecule has 0 aliphatic rings. The van der Waals surface area contributed by atoms with Crippen LogP contribution < -0.4 is 4.87 Å². The van der Waals surface area contributed by atoms with Gasteiger partial charge in [-0.2, -0.15) is 5.10 Å². The van der Waals surface area contributed by atoms with E-state index in [1.54, 1.807) is 0 Å². The highest BCUT2D eigenvalue weighted by atomic mass is 35.7. The van der Waals surface area contributed by atoms with Gasteiger partial charge >= 0.3 is 4.87 Å². The maximum Gasteiger partial charge on any atom is 0.325 e. The standard InChI is InChI=1S/C7H11ClN2O3S2/c1-5(2)6-9-10(7(11)14-6)3-4-15(8,12)13/h5H,3-4H2,1-2H3. The van der Waals surface area contributed by atoms with Crippen molar-refractivity contribution in [1.29, 1.82) is 0 Å². The van der Waals surface area contributed by atoms with Gasteiger partial charge in [-0.15, -0.1) is 0 Å². The van der Waals surface area contributed by atoms with Crippen LogP contribution in [0.3, 0.4) is 0 Å². The second kappa shape index (κ2) is 4.63. The van der Waals surface area contributed by atoms with Crippen molar-refractivity contribution in [2.75, 3.05) is 5.75 Å². The molecule has 0 saturated carbocycles. The fourth-order valence-electron chi connectivity index (χ4n) is 0.892. The Hall–Kier alpha value is -0.400. The largest absolute Gasteiger partial charge is 0.325 e. The van der Waals surface area contributed by atoms with E-state index in [1.165, 1.54) is 0 Å². The SMILES string of the molecule is CC(C)c1nn(CCS(=O)(=O)Cl)c(=O)s1. The van der Waals surface area contributed by atoms with Gasteiger partial charge in [0.25, 0.3) is 0 Å². The molecule has 1 aromatic heterocycles. The second-order valence-electron chi connectivity index (χ2n) is 3.33. The number of aromatic nitrogens is 2. The normalized spacial score (nSPS) is 12.3. The average Bonchev–Trinajstić information content (AvgIpc) is 2.42. The molecule has 1 aromatic rings. The number of rotatable bonds is 4. The van der Waals surface area contributed by atoms with E-state index < -0.39 is 9.05 Å². The zero-order valence-electron chi connectivity index (χ0n) is 8.31. The van der Waals surface area contributed by atoms with E-state index in [-0.39, 0.29) is 23.1 Å². The van der Waals surface area contributed by atoms with Gasteiger partial charge in [-0.25, -0.2) is 13.1 Å². The Balaban J connectivity index is 2.83. The highest BCUT2D eigenvalue weighted by Gasteiger charge is 2.12. The quantitative estimate of drug-likeness (QED) is 0.766. The van der Waals surface area contributed by atoms with Crippen LogP contribution >= 0.6 is 22.0 Å². The van der Waals surface area contributed by atoms with E-state index in [0.29, 0.717) is 5.01 Å². The number of hydrogen-bond donors (Lipinski definition) is 0. The Morgan fingerprint density at radius 2 is 2.13 bits per heavy atom. The molecular formula is C7H11ClN2O3S2. The van der Waals surface area contributed by atoms with Crippen molar-refractivity contribution in [3.05, 3.63) is 14.7 Å². The lowest BCUT2D eigenvalue weighted by Gasteiger charge is -1.98. The van der Waals surface area contributed by atoms with Crippen LogP contribution in [0.25, 0.3) is 0 Å². The monoisotopic (exact) mass is 270 g/mol. The lowest BCUT2D eigenvalue weighted by molar-refractivity contribution is 0.583. The Kier molecular flexibility index (Phi) is 3.91. The Labute approximate surface area is 96.1 Å². The molecule has 1 heterocycles. The van der Waals surface area contributed by atoms with Crippen molar-refractivity contribution in [2.45, 2.75) is 26.3 Å². The minimum atomic E-state index is -3.57. The molecule has 86 valence electrons. The van der Waals surface area contributed by atoms with Gasteiger partial charge in [-0.3, -0.25) is 4.79 Å². The Morgan fingerprint density at radius 3 is 2.53 bits per heavy atom. The summed E-state index contributed by atoms with van der Waals surface area (Å²) in [4.78, 5) is 11.1. The zero-order chi connectivity index (χ0) is 11.6. The van der Waals surface area contributed by atoms with Crippen molar-refractivity contribution in [3.8, 4) is 0 Å². The topological polar surface area (TPSA) is 69.0 Å². The van der Waals surface area contributed by atoms with Crippen LogP contribution in [0.4, 0.5) is 0 Å². The van der Waals surface area contributed by atoms with E-state index in [9.17, 15) is 13.2 Å². The minimum Gasteiger partial charge on any atom is -0.255 e. The summed E-state index contributed by atoms with van der Waals surface area (Å²) in [6.07, 6.45) is 0. The summed E-state index contributed by atoms with van der Waals surface area (Å²) < 4.78 is 22.5. The minimum absolute atomic E-state index is 0.00782. The molecule has 15 heavy (non-hydrogen) atoms. The molecule has 0 bridgehead atoms. The summed E-state index contributed by atoms with van der Waals surface area (Å²) in [7, 11) is 1.46. The molecule has 0 aliphatic carbocycles. The van der Waals surface area contributed by atoms with Crippen molar-refractivity contribution in [1.82, 2.24) is 9.78 Å². The molecule has 0 aliphatic heterocycles. The molecule has 0 atom stereocenters. The van der Waals surface area contributed by atoms with Gasteiger partial charge in [0.2, 0.25) is 9.05 Å². The van der Waals surface area contributed by atoms with Crippen molar-refractivity contribution >= 4 is 31.1 Å². The number of aryl methyl sites for hydroxylation is 1. The Morgan fingerprint density at radius 1 is 1.53 bits per heavy atom. The summed E-state index contributed by atoms with van der Waals surface area (Å²) in [5, 5.41) is 4.71. The van der Waals surface area contributed by atoms with Crippen LogP contribution in [-0.4, -0.2) is 24.0 Å². The van der Waals surface area contributed by atoms with Crippen LogP contribution in [-0.2, 0) is 15.6 Å². The highest BCUT2D eigenvalue weighted by Crippen LogP contribution is 2.13. The molecule has 5 nitrogen and oxygen atoms in total. The van der Waals surface area contributed by atoms with E-state index in [1.807, 2.05) is 13.8 Å². The third-order valence-corrected chi connectivity index (χ3v) is 3.94. The van der Waals surface area contributed by atoms with E-state index in [0.717, 1.165) is 16.0 Å². The van der Waals surface area contributed by atoms with E-state index in [2.05, 4.69) is 5.10 Å². The number of halogens is 1. The van der Waals surface area contributed by atoms with Gasteiger partial charge in [0, 0.05) is 16.6 Å². The molecule has 0 saturated heterocycles. The fraction of sp³-hybridized carbons (Fsp3) is 0.714. The molecular weight excluding hydrogens is 260 g/mol. The first kappa shape index (κ1) is 12.7. The smallest absolute Gasteiger partial charge is 0.255 e. The zero-order valence-corrected chi connectivity index (χ0v) is 10.7. The van der Waals surface area contributed by atoms with Crippen LogP contribution in [0.1, 0.15) is 24.8 Å². The Bertz CT molecular complexity index is 489. The van der Waals surface area contributed by atoms with Crippen LogP contribution in [0.2, 0.25) is 0 Å². The molecule has 0 fully saturated rings. The van der Waals surface area contributed by atoms with Gasteiger partial charge < -0.3 is 0 Å². The molecule has 0 amide bonds. The lowest BCUT2D eigenvalue weighted by atomic mass is 10.2. The summed E-state index contributed by atoms with van der Waals surface area (Å²) in [6, 6.07) is 0. The van der Waals surface area contributed by atoms with Crippen molar-refractivity contribution < 1.29 is 8.42 Å². The third-order valence-electron chi connectivity index (χ3n) is 1.66. The van der Waals surface area contributed by atoms with Gasteiger partial charge in [0.05, 0.1) is 12.3 Å². The van der Waals surface area contributed by atoms with Crippen LogP contribution in [0, 0.1) is 0 Å². The molecule has 0 radical (unpaired) electrons. The summed E-state index contributed by atoms with van der Waals surface area (Å²) >= 11 is 1.03. The first-order chi connectivity index (χ1) is 6.79. The maximum absolute atomic E-state index is 11.3. The summed E-state index contributed by atoms with van der Waals surface area (Å²) in [5.41, 5.74) is 0. The van der Waals surface area contributed by atoms with Crippen molar-refractivity contribution in [2.24, 2.45) is 0 Å². The van der Waals surface area contributed by atoms with Crippen molar-refractivity contribution in [3.63, 3.8) is 0 Å².